The number of fused-ring (bicyclic) bond motifs is 1. The van der Waals surface area contributed by atoms with Crippen LogP contribution >= 0.6 is 0 Å². The van der Waals surface area contributed by atoms with Crippen LogP contribution in [-0.4, -0.2) is 30.6 Å². The van der Waals surface area contributed by atoms with E-state index in [4.69, 9.17) is 0 Å². The van der Waals surface area contributed by atoms with E-state index < -0.39 is 5.60 Å². The van der Waals surface area contributed by atoms with Crippen molar-refractivity contribution in [1.29, 1.82) is 0 Å². The van der Waals surface area contributed by atoms with E-state index in [0.717, 1.165) is 46.1 Å². The molecular formula is C20H23N3O2. The number of aromatic nitrogens is 3. The normalized spacial score (nSPS) is 23.0. The van der Waals surface area contributed by atoms with Gasteiger partial charge >= 0.3 is 0 Å². The third-order valence-electron chi connectivity index (χ3n) is 5.24. The van der Waals surface area contributed by atoms with Gasteiger partial charge < -0.3 is 14.8 Å². The van der Waals surface area contributed by atoms with Crippen LogP contribution in [0.3, 0.4) is 0 Å². The molecule has 0 aliphatic heterocycles. The number of phenolic OH excluding ortho intramolecular Hbond substituents is 1. The van der Waals surface area contributed by atoms with E-state index in [1.807, 2.05) is 32.9 Å². The Kier molecular flexibility index (Phi) is 3.41. The van der Waals surface area contributed by atoms with E-state index in [9.17, 15) is 10.2 Å². The lowest BCUT2D eigenvalue weighted by molar-refractivity contribution is -0.0498. The molecule has 1 aliphatic carbocycles. The molecule has 0 spiro atoms. The summed E-state index contributed by atoms with van der Waals surface area (Å²) in [5.74, 6) is 0.235. The lowest BCUT2D eigenvalue weighted by Gasteiger charge is -2.41. The van der Waals surface area contributed by atoms with Crippen molar-refractivity contribution in [2.24, 2.45) is 0 Å². The Morgan fingerprint density at radius 3 is 2.44 bits per heavy atom. The Morgan fingerprint density at radius 2 is 1.80 bits per heavy atom. The van der Waals surface area contributed by atoms with Crippen molar-refractivity contribution < 1.29 is 10.2 Å². The smallest absolute Gasteiger partial charge is 0.163 e. The molecule has 0 saturated heterocycles. The van der Waals surface area contributed by atoms with Gasteiger partial charge in [0.05, 0.1) is 11.3 Å². The highest BCUT2D eigenvalue weighted by atomic mass is 16.3. The maximum absolute atomic E-state index is 10.4. The maximum Gasteiger partial charge on any atom is 0.163 e. The summed E-state index contributed by atoms with van der Waals surface area (Å²) in [5, 5.41) is 30.3. The Labute approximate surface area is 146 Å². The zero-order valence-electron chi connectivity index (χ0n) is 15.0. The molecule has 1 aromatic carbocycles. The number of benzene rings is 1. The Hall–Kier alpha value is -2.40. The molecule has 5 heteroatoms. The van der Waals surface area contributed by atoms with Crippen LogP contribution in [0, 0.1) is 20.8 Å². The summed E-state index contributed by atoms with van der Waals surface area (Å²) in [7, 11) is 0. The van der Waals surface area contributed by atoms with Gasteiger partial charge in [0, 0.05) is 23.2 Å². The van der Waals surface area contributed by atoms with E-state index in [2.05, 4.69) is 27.9 Å². The SMILES string of the molecule is Cc1cc(C)c(-c2cc3c(C)cn(C4CC(C)(O)C4)c3nn2)c(O)c1. The number of phenols is 1. The standard InChI is InChI=1S/C20H23N3O2/c1-11-5-12(2)18(17(24)6-11)16-7-15-13(3)10-23(19(15)22-21-16)14-8-20(4,25)9-14/h5-7,10,14,24-25H,8-9H2,1-4H3. The number of nitrogens with zero attached hydrogens (tertiary/aromatic N) is 3. The molecule has 1 fully saturated rings. The lowest BCUT2D eigenvalue weighted by Crippen LogP contribution is -2.41. The van der Waals surface area contributed by atoms with Gasteiger partial charge in [0.25, 0.3) is 0 Å². The summed E-state index contributed by atoms with van der Waals surface area (Å²) >= 11 is 0. The minimum Gasteiger partial charge on any atom is -0.507 e. The number of rotatable bonds is 2. The van der Waals surface area contributed by atoms with Gasteiger partial charge in [-0.3, -0.25) is 0 Å². The van der Waals surface area contributed by atoms with Gasteiger partial charge in [-0.2, -0.15) is 0 Å². The zero-order valence-corrected chi connectivity index (χ0v) is 15.0. The van der Waals surface area contributed by atoms with Crippen molar-refractivity contribution in [2.45, 2.75) is 52.2 Å². The highest BCUT2D eigenvalue weighted by Gasteiger charge is 2.40. The molecule has 0 unspecified atom stereocenters. The number of hydrogen-bond donors (Lipinski definition) is 2. The number of aromatic hydroxyl groups is 1. The third-order valence-corrected chi connectivity index (χ3v) is 5.24. The van der Waals surface area contributed by atoms with Crippen molar-refractivity contribution in [1.82, 2.24) is 14.8 Å². The molecule has 2 N–H and O–H groups in total. The fourth-order valence-electron chi connectivity index (χ4n) is 4.04. The first-order valence-electron chi connectivity index (χ1n) is 8.63. The average molecular weight is 337 g/mol. The van der Waals surface area contributed by atoms with Gasteiger partial charge in [-0.1, -0.05) is 6.07 Å². The Bertz CT molecular complexity index is 957. The summed E-state index contributed by atoms with van der Waals surface area (Å²) in [6, 6.07) is 6.06. The molecule has 1 saturated carbocycles. The van der Waals surface area contributed by atoms with Crippen LogP contribution in [0.1, 0.15) is 42.5 Å². The summed E-state index contributed by atoms with van der Waals surface area (Å²) in [4.78, 5) is 0. The molecule has 1 aliphatic rings. The van der Waals surface area contributed by atoms with Crippen molar-refractivity contribution in [3.8, 4) is 17.0 Å². The van der Waals surface area contributed by atoms with Crippen LogP contribution < -0.4 is 0 Å². The van der Waals surface area contributed by atoms with Crippen LogP contribution in [0.25, 0.3) is 22.3 Å². The van der Waals surface area contributed by atoms with E-state index >= 15 is 0 Å². The van der Waals surface area contributed by atoms with Gasteiger partial charge in [0.2, 0.25) is 0 Å². The van der Waals surface area contributed by atoms with Crippen LogP contribution in [0.15, 0.2) is 24.4 Å². The lowest BCUT2D eigenvalue weighted by atomic mass is 9.77. The highest BCUT2D eigenvalue weighted by molar-refractivity contribution is 5.85. The Balaban J connectivity index is 1.81. The van der Waals surface area contributed by atoms with Crippen molar-refractivity contribution in [2.75, 3.05) is 0 Å². The molecule has 130 valence electrons. The molecule has 2 aromatic heterocycles. The molecule has 0 radical (unpaired) electrons. The first-order chi connectivity index (χ1) is 11.7. The fourth-order valence-corrected chi connectivity index (χ4v) is 4.04. The number of hydrogen-bond acceptors (Lipinski definition) is 4. The van der Waals surface area contributed by atoms with Crippen molar-refractivity contribution >= 4 is 11.0 Å². The quantitative estimate of drug-likeness (QED) is 0.746. The van der Waals surface area contributed by atoms with Crippen molar-refractivity contribution in [3.05, 3.63) is 41.1 Å². The first kappa shape index (κ1) is 16.1. The largest absolute Gasteiger partial charge is 0.507 e. The van der Waals surface area contributed by atoms with Gasteiger partial charge in [0.15, 0.2) is 5.65 Å². The Morgan fingerprint density at radius 1 is 1.08 bits per heavy atom. The predicted octanol–water partition coefficient (Wildman–Crippen LogP) is 3.82. The third kappa shape index (κ3) is 2.59. The van der Waals surface area contributed by atoms with E-state index in [0.29, 0.717) is 5.69 Å². The van der Waals surface area contributed by atoms with E-state index in [1.165, 1.54) is 0 Å². The highest BCUT2D eigenvalue weighted by Crippen LogP contribution is 2.43. The summed E-state index contributed by atoms with van der Waals surface area (Å²) in [5.41, 5.74) is 4.81. The summed E-state index contributed by atoms with van der Waals surface area (Å²) < 4.78 is 2.13. The molecule has 4 rings (SSSR count). The molecule has 25 heavy (non-hydrogen) atoms. The zero-order chi connectivity index (χ0) is 17.9. The first-order valence-corrected chi connectivity index (χ1v) is 8.63. The molecule has 3 aromatic rings. The second kappa shape index (κ2) is 5.30. The van der Waals surface area contributed by atoms with Crippen LogP contribution in [0.5, 0.6) is 5.75 Å². The van der Waals surface area contributed by atoms with E-state index in [-0.39, 0.29) is 11.8 Å². The fraction of sp³-hybridized carbons (Fsp3) is 0.400. The molecule has 0 bridgehead atoms. The molecule has 0 amide bonds. The van der Waals surface area contributed by atoms with Gasteiger partial charge in [-0.15, -0.1) is 10.2 Å². The minimum atomic E-state index is -0.576. The van der Waals surface area contributed by atoms with Crippen molar-refractivity contribution in [3.63, 3.8) is 0 Å². The number of aryl methyl sites for hydroxylation is 3. The van der Waals surface area contributed by atoms with Gasteiger partial charge in [0.1, 0.15) is 5.75 Å². The molecule has 5 nitrogen and oxygen atoms in total. The predicted molar refractivity (Wildman–Crippen MR) is 97.7 cm³/mol. The minimum absolute atomic E-state index is 0.235. The number of aliphatic hydroxyl groups is 1. The summed E-state index contributed by atoms with van der Waals surface area (Å²) in [6.45, 7) is 7.86. The second-order valence-electron chi connectivity index (χ2n) is 7.72. The van der Waals surface area contributed by atoms with Crippen LogP contribution in [-0.2, 0) is 0 Å². The van der Waals surface area contributed by atoms with Crippen LogP contribution in [0.4, 0.5) is 0 Å². The molecule has 0 atom stereocenters. The van der Waals surface area contributed by atoms with Gasteiger partial charge in [-0.25, -0.2) is 0 Å². The monoisotopic (exact) mass is 337 g/mol. The van der Waals surface area contributed by atoms with Gasteiger partial charge in [-0.05, 0) is 69.4 Å². The average Bonchev–Trinajstić information content (AvgIpc) is 2.80. The maximum atomic E-state index is 10.4. The molecular weight excluding hydrogens is 314 g/mol. The molecule has 2 heterocycles. The topological polar surface area (TPSA) is 71.2 Å². The summed E-state index contributed by atoms with van der Waals surface area (Å²) in [6.07, 6.45) is 3.56. The van der Waals surface area contributed by atoms with E-state index in [1.54, 1.807) is 6.07 Å². The second-order valence-corrected chi connectivity index (χ2v) is 7.72. The van der Waals surface area contributed by atoms with Crippen LogP contribution in [0.2, 0.25) is 0 Å².